The fraction of sp³-hybridized carbons (Fsp3) is 0.222. The molecule has 0 saturated heterocycles. The molecule has 0 amide bonds. The Kier molecular flexibility index (Phi) is 3.01. The lowest BCUT2D eigenvalue weighted by atomic mass is 10.2. The van der Waals surface area contributed by atoms with E-state index in [4.69, 9.17) is 5.26 Å². The SMILES string of the molecule is CSc1ccc(C)c(NC#N)c1. The predicted molar refractivity (Wildman–Crippen MR) is 52.2 cm³/mol. The fourth-order valence-corrected chi connectivity index (χ4v) is 1.36. The van der Waals surface area contributed by atoms with Crippen LogP contribution in [0.2, 0.25) is 0 Å². The maximum absolute atomic E-state index is 8.44. The van der Waals surface area contributed by atoms with Gasteiger partial charge in [-0.25, -0.2) is 0 Å². The molecule has 0 bridgehead atoms. The van der Waals surface area contributed by atoms with E-state index in [9.17, 15) is 0 Å². The molecule has 1 aromatic carbocycles. The summed E-state index contributed by atoms with van der Waals surface area (Å²) in [6.45, 7) is 1.98. The Bertz CT molecular complexity index is 315. The normalized spacial score (nSPS) is 9.08. The van der Waals surface area contributed by atoms with Crippen LogP contribution >= 0.6 is 11.8 Å². The van der Waals surface area contributed by atoms with Crippen molar-refractivity contribution in [3.05, 3.63) is 23.8 Å². The highest BCUT2D eigenvalue weighted by Crippen LogP contribution is 2.22. The van der Waals surface area contributed by atoms with Crippen molar-refractivity contribution in [2.45, 2.75) is 11.8 Å². The first-order chi connectivity index (χ1) is 5.77. The molecule has 0 saturated carbocycles. The summed E-state index contributed by atoms with van der Waals surface area (Å²) in [4.78, 5) is 1.17. The van der Waals surface area contributed by atoms with Crippen molar-refractivity contribution in [1.82, 2.24) is 0 Å². The minimum atomic E-state index is 0.893. The Balaban J connectivity index is 3.01. The van der Waals surface area contributed by atoms with Gasteiger partial charge in [-0.15, -0.1) is 11.8 Å². The van der Waals surface area contributed by atoms with Crippen LogP contribution < -0.4 is 5.32 Å². The summed E-state index contributed by atoms with van der Waals surface area (Å²) in [6.07, 6.45) is 3.93. The monoisotopic (exact) mass is 178 g/mol. The molecule has 1 N–H and O–H groups in total. The first-order valence-corrected chi connectivity index (χ1v) is 4.80. The lowest BCUT2D eigenvalue weighted by molar-refractivity contribution is 1.35. The smallest absolute Gasteiger partial charge is 0.181 e. The van der Waals surface area contributed by atoms with Crippen molar-refractivity contribution in [2.75, 3.05) is 11.6 Å². The molecule has 0 radical (unpaired) electrons. The van der Waals surface area contributed by atoms with Crippen molar-refractivity contribution in [3.63, 3.8) is 0 Å². The van der Waals surface area contributed by atoms with Crippen LogP contribution in [-0.2, 0) is 0 Å². The largest absolute Gasteiger partial charge is 0.293 e. The molecule has 62 valence electrons. The molecule has 3 heteroatoms. The highest BCUT2D eigenvalue weighted by molar-refractivity contribution is 7.98. The zero-order valence-corrected chi connectivity index (χ0v) is 7.90. The molecular weight excluding hydrogens is 168 g/mol. The molecule has 0 heterocycles. The first kappa shape index (κ1) is 8.95. The first-order valence-electron chi connectivity index (χ1n) is 3.57. The second-order valence-electron chi connectivity index (χ2n) is 2.42. The van der Waals surface area contributed by atoms with E-state index in [0.29, 0.717) is 0 Å². The highest BCUT2D eigenvalue weighted by Gasteiger charge is 1.97. The topological polar surface area (TPSA) is 35.8 Å². The number of hydrogen-bond donors (Lipinski definition) is 1. The summed E-state index contributed by atoms with van der Waals surface area (Å²) in [5.41, 5.74) is 1.98. The van der Waals surface area contributed by atoms with E-state index in [2.05, 4.69) is 5.32 Å². The van der Waals surface area contributed by atoms with Crippen molar-refractivity contribution < 1.29 is 0 Å². The van der Waals surface area contributed by atoms with E-state index >= 15 is 0 Å². The Labute approximate surface area is 76.6 Å². The number of nitrogens with one attached hydrogen (secondary N) is 1. The number of anilines is 1. The Morgan fingerprint density at radius 2 is 2.25 bits per heavy atom. The van der Waals surface area contributed by atoms with Crippen LogP contribution in [0.1, 0.15) is 5.56 Å². The Morgan fingerprint density at radius 1 is 1.50 bits per heavy atom. The van der Waals surface area contributed by atoms with Crippen LogP contribution in [0.3, 0.4) is 0 Å². The molecule has 0 aromatic heterocycles. The average molecular weight is 178 g/mol. The van der Waals surface area contributed by atoms with E-state index in [0.717, 1.165) is 11.3 Å². The van der Waals surface area contributed by atoms with Crippen molar-refractivity contribution in [3.8, 4) is 6.19 Å². The van der Waals surface area contributed by atoms with Crippen LogP contribution in [0.4, 0.5) is 5.69 Å². The van der Waals surface area contributed by atoms with Gasteiger partial charge in [0.2, 0.25) is 0 Å². The quantitative estimate of drug-likeness (QED) is 0.429. The highest BCUT2D eigenvalue weighted by atomic mass is 32.2. The lowest BCUT2D eigenvalue weighted by Crippen LogP contribution is -1.90. The minimum absolute atomic E-state index is 0.893. The van der Waals surface area contributed by atoms with E-state index in [-0.39, 0.29) is 0 Å². The van der Waals surface area contributed by atoms with Crippen LogP contribution in [0.25, 0.3) is 0 Å². The number of aryl methyl sites for hydroxylation is 1. The van der Waals surface area contributed by atoms with E-state index in [1.807, 2.05) is 37.6 Å². The van der Waals surface area contributed by atoms with Gasteiger partial charge in [-0.05, 0) is 30.9 Å². The molecule has 0 spiro atoms. The molecule has 1 aromatic rings. The summed E-state index contributed by atoms with van der Waals surface area (Å²) in [7, 11) is 0. The van der Waals surface area contributed by atoms with Crippen LogP contribution in [0.5, 0.6) is 0 Å². The predicted octanol–water partition coefficient (Wildman–Crippen LogP) is 2.61. The van der Waals surface area contributed by atoms with Crippen molar-refractivity contribution in [2.24, 2.45) is 0 Å². The third kappa shape index (κ3) is 1.93. The lowest BCUT2D eigenvalue weighted by Gasteiger charge is -2.04. The van der Waals surface area contributed by atoms with E-state index in [1.54, 1.807) is 11.8 Å². The molecule has 0 fully saturated rings. The zero-order valence-electron chi connectivity index (χ0n) is 7.09. The third-order valence-corrected chi connectivity index (χ3v) is 2.36. The molecule has 0 atom stereocenters. The van der Waals surface area contributed by atoms with Gasteiger partial charge in [-0.3, -0.25) is 5.32 Å². The zero-order chi connectivity index (χ0) is 8.97. The summed E-state index contributed by atoms with van der Waals surface area (Å²) in [5.74, 6) is 0. The molecule has 1 rings (SSSR count). The van der Waals surface area contributed by atoms with Gasteiger partial charge in [-0.1, -0.05) is 6.07 Å². The molecular formula is C9H10N2S. The number of thioether (sulfide) groups is 1. The number of benzene rings is 1. The number of nitrogens with zero attached hydrogens (tertiary/aromatic N) is 1. The summed E-state index contributed by atoms with van der Waals surface area (Å²) >= 11 is 1.67. The second kappa shape index (κ2) is 4.03. The maximum Gasteiger partial charge on any atom is 0.181 e. The van der Waals surface area contributed by atoms with Gasteiger partial charge in [0.1, 0.15) is 0 Å². The summed E-state index contributed by atoms with van der Waals surface area (Å²) in [6, 6.07) is 6.03. The van der Waals surface area contributed by atoms with Crippen LogP contribution in [0, 0.1) is 18.4 Å². The van der Waals surface area contributed by atoms with Crippen molar-refractivity contribution >= 4 is 17.4 Å². The van der Waals surface area contributed by atoms with E-state index in [1.165, 1.54) is 4.90 Å². The Morgan fingerprint density at radius 3 is 2.83 bits per heavy atom. The van der Waals surface area contributed by atoms with Gasteiger partial charge >= 0.3 is 0 Å². The van der Waals surface area contributed by atoms with Crippen molar-refractivity contribution in [1.29, 1.82) is 5.26 Å². The average Bonchev–Trinajstić information content (AvgIpc) is 2.09. The number of rotatable bonds is 2. The van der Waals surface area contributed by atoms with Gasteiger partial charge in [-0.2, -0.15) is 5.26 Å². The fourth-order valence-electron chi connectivity index (χ4n) is 0.923. The van der Waals surface area contributed by atoms with Gasteiger partial charge < -0.3 is 0 Å². The maximum atomic E-state index is 8.44. The van der Waals surface area contributed by atoms with Gasteiger partial charge in [0, 0.05) is 4.90 Å². The van der Waals surface area contributed by atoms with Gasteiger partial charge in [0.25, 0.3) is 0 Å². The minimum Gasteiger partial charge on any atom is -0.293 e. The Hall–Kier alpha value is -1.14. The second-order valence-corrected chi connectivity index (χ2v) is 3.30. The number of nitriles is 1. The van der Waals surface area contributed by atoms with Gasteiger partial charge in [0.15, 0.2) is 6.19 Å². The summed E-state index contributed by atoms with van der Waals surface area (Å²) in [5, 5.41) is 11.1. The van der Waals surface area contributed by atoms with E-state index < -0.39 is 0 Å². The molecule has 0 unspecified atom stereocenters. The third-order valence-electron chi connectivity index (χ3n) is 1.64. The number of hydrogen-bond acceptors (Lipinski definition) is 3. The molecule has 0 aliphatic carbocycles. The summed E-state index contributed by atoms with van der Waals surface area (Å²) < 4.78 is 0. The van der Waals surface area contributed by atoms with Crippen LogP contribution in [0.15, 0.2) is 23.1 Å². The van der Waals surface area contributed by atoms with Gasteiger partial charge in [0.05, 0.1) is 5.69 Å². The molecule has 0 aliphatic rings. The van der Waals surface area contributed by atoms with Crippen LogP contribution in [-0.4, -0.2) is 6.26 Å². The molecule has 2 nitrogen and oxygen atoms in total. The molecule has 0 aliphatic heterocycles. The standard InChI is InChI=1S/C9H10N2S/c1-7-3-4-8(12-2)5-9(7)11-6-10/h3-5,11H,1-2H3. The molecule has 12 heavy (non-hydrogen) atoms.